The Morgan fingerprint density at radius 3 is 2.43 bits per heavy atom. The molecular formula is C15H21N3O3. The number of carboxylic acids is 1. The Morgan fingerprint density at radius 2 is 1.86 bits per heavy atom. The monoisotopic (exact) mass is 291 g/mol. The second-order valence-corrected chi connectivity index (χ2v) is 5.28. The smallest absolute Gasteiger partial charge is 0.335 e. The number of carboxylic acid groups (broad SMARTS) is 1. The average molecular weight is 291 g/mol. The molecule has 1 saturated heterocycles. The molecule has 0 aliphatic carbocycles. The van der Waals surface area contributed by atoms with Crippen LogP contribution in [0.3, 0.4) is 0 Å². The van der Waals surface area contributed by atoms with E-state index in [4.69, 9.17) is 5.11 Å². The summed E-state index contributed by atoms with van der Waals surface area (Å²) in [6.45, 7) is 3.80. The third-order valence-electron chi connectivity index (χ3n) is 3.68. The van der Waals surface area contributed by atoms with Crippen LogP contribution in [0.5, 0.6) is 0 Å². The zero-order chi connectivity index (χ0) is 15.2. The van der Waals surface area contributed by atoms with Crippen molar-refractivity contribution >= 4 is 17.7 Å². The van der Waals surface area contributed by atoms with Crippen molar-refractivity contribution in [2.75, 3.05) is 38.5 Å². The largest absolute Gasteiger partial charge is 0.478 e. The number of aromatic carboxylic acids is 1. The average Bonchev–Trinajstić information content (AvgIpc) is 2.98. The van der Waals surface area contributed by atoms with Gasteiger partial charge in [0.05, 0.1) is 5.56 Å². The zero-order valence-corrected chi connectivity index (χ0v) is 12.2. The van der Waals surface area contributed by atoms with Crippen molar-refractivity contribution in [3.8, 4) is 0 Å². The highest BCUT2D eigenvalue weighted by Gasteiger charge is 2.14. The molecule has 1 aromatic carbocycles. The van der Waals surface area contributed by atoms with Gasteiger partial charge >= 0.3 is 12.0 Å². The van der Waals surface area contributed by atoms with Crippen LogP contribution in [0.25, 0.3) is 0 Å². The molecule has 1 fully saturated rings. The summed E-state index contributed by atoms with van der Waals surface area (Å²) >= 11 is 0. The molecule has 2 rings (SSSR count). The predicted octanol–water partition coefficient (Wildman–Crippen LogP) is 1.94. The lowest BCUT2D eigenvalue weighted by molar-refractivity contribution is 0.0697. The summed E-state index contributed by atoms with van der Waals surface area (Å²) in [7, 11) is 1.76. The van der Waals surface area contributed by atoms with E-state index in [9.17, 15) is 9.59 Å². The van der Waals surface area contributed by atoms with Gasteiger partial charge < -0.3 is 20.2 Å². The van der Waals surface area contributed by atoms with Crippen LogP contribution in [0.1, 0.15) is 23.2 Å². The molecule has 0 aromatic heterocycles. The molecule has 0 bridgehead atoms. The Morgan fingerprint density at radius 1 is 1.24 bits per heavy atom. The van der Waals surface area contributed by atoms with Gasteiger partial charge in [-0.25, -0.2) is 9.59 Å². The van der Waals surface area contributed by atoms with E-state index in [2.05, 4.69) is 10.2 Å². The van der Waals surface area contributed by atoms with Crippen LogP contribution in [0.2, 0.25) is 0 Å². The van der Waals surface area contributed by atoms with Crippen LogP contribution in [0.15, 0.2) is 24.3 Å². The molecule has 2 N–H and O–H groups in total. The fraction of sp³-hybridized carbons (Fsp3) is 0.467. The first kappa shape index (κ1) is 15.3. The van der Waals surface area contributed by atoms with Crippen molar-refractivity contribution in [2.24, 2.45) is 0 Å². The Hall–Kier alpha value is -2.08. The molecule has 6 nitrogen and oxygen atoms in total. The SMILES string of the molecule is CN(CCN1CCCC1)C(=O)Nc1ccc(C(=O)O)cc1. The number of nitrogens with zero attached hydrogens (tertiary/aromatic N) is 2. The lowest BCUT2D eigenvalue weighted by Crippen LogP contribution is -2.37. The van der Waals surface area contributed by atoms with Crippen molar-refractivity contribution in [2.45, 2.75) is 12.8 Å². The van der Waals surface area contributed by atoms with E-state index in [1.54, 1.807) is 24.1 Å². The van der Waals surface area contributed by atoms with E-state index in [-0.39, 0.29) is 11.6 Å². The van der Waals surface area contributed by atoms with E-state index in [0.717, 1.165) is 19.6 Å². The summed E-state index contributed by atoms with van der Waals surface area (Å²) in [5, 5.41) is 11.6. The predicted molar refractivity (Wildman–Crippen MR) is 80.7 cm³/mol. The number of carbonyl (C=O) groups excluding carboxylic acids is 1. The number of urea groups is 1. The molecule has 1 aliphatic rings. The number of rotatable bonds is 5. The summed E-state index contributed by atoms with van der Waals surface area (Å²) in [5.74, 6) is -0.976. The highest BCUT2D eigenvalue weighted by molar-refractivity contribution is 5.91. The fourth-order valence-electron chi connectivity index (χ4n) is 2.31. The summed E-state index contributed by atoms with van der Waals surface area (Å²) in [4.78, 5) is 26.8. The molecule has 114 valence electrons. The van der Waals surface area contributed by atoms with Crippen LogP contribution < -0.4 is 5.32 Å². The van der Waals surface area contributed by atoms with Gasteiger partial charge in [0.1, 0.15) is 0 Å². The molecule has 6 heteroatoms. The van der Waals surface area contributed by atoms with Gasteiger partial charge in [0.2, 0.25) is 0 Å². The maximum absolute atomic E-state index is 12.0. The van der Waals surface area contributed by atoms with E-state index in [1.807, 2.05) is 0 Å². The quantitative estimate of drug-likeness (QED) is 0.869. The van der Waals surface area contributed by atoms with Crippen LogP contribution >= 0.6 is 0 Å². The van der Waals surface area contributed by atoms with Crippen molar-refractivity contribution < 1.29 is 14.7 Å². The standard InChI is InChI=1S/C15H21N3O3/c1-17(10-11-18-8-2-3-9-18)15(21)16-13-6-4-12(5-7-13)14(19)20/h4-7H,2-3,8-11H2,1H3,(H,16,21)(H,19,20). The van der Waals surface area contributed by atoms with Crippen LogP contribution in [0, 0.1) is 0 Å². The maximum atomic E-state index is 12.0. The second-order valence-electron chi connectivity index (χ2n) is 5.28. The number of anilines is 1. The lowest BCUT2D eigenvalue weighted by atomic mass is 10.2. The molecule has 0 radical (unpaired) electrons. The summed E-state index contributed by atoms with van der Waals surface area (Å²) in [6.07, 6.45) is 2.48. The van der Waals surface area contributed by atoms with Crippen LogP contribution in [-0.2, 0) is 0 Å². The van der Waals surface area contributed by atoms with Gasteiger partial charge in [-0.15, -0.1) is 0 Å². The van der Waals surface area contributed by atoms with Crippen LogP contribution in [-0.4, -0.2) is 60.1 Å². The number of nitrogens with one attached hydrogen (secondary N) is 1. The molecule has 0 unspecified atom stereocenters. The number of hydrogen-bond donors (Lipinski definition) is 2. The first-order valence-electron chi connectivity index (χ1n) is 7.14. The van der Waals surface area contributed by atoms with Crippen molar-refractivity contribution in [3.63, 3.8) is 0 Å². The molecule has 2 amide bonds. The summed E-state index contributed by atoms with van der Waals surface area (Å²) < 4.78 is 0. The number of likely N-dealkylation sites (tertiary alicyclic amines) is 1. The molecule has 1 heterocycles. The molecular weight excluding hydrogens is 270 g/mol. The van der Waals surface area contributed by atoms with Gasteiger partial charge in [0, 0.05) is 25.8 Å². The molecule has 1 aliphatic heterocycles. The highest BCUT2D eigenvalue weighted by Crippen LogP contribution is 2.11. The Kier molecular flexibility index (Phi) is 5.16. The van der Waals surface area contributed by atoms with Gasteiger partial charge in [-0.3, -0.25) is 0 Å². The van der Waals surface area contributed by atoms with Crippen molar-refractivity contribution in [3.05, 3.63) is 29.8 Å². The van der Waals surface area contributed by atoms with E-state index in [1.165, 1.54) is 25.0 Å². The number of likely N-dealkylation sites (N-methyl/N-ethyl adjacent to an activating group) is 1. The minimum absolute atomic E-state index is 0.183. The molecule has 0 atom stereocenters. The van der Waals surface area contributed by atoms with Gasteiger partial charge in [0.15, 0.2) is 0 Å². The number of carbonyl (C=O) groups is 2. The number of hydrogen-bond acceptors (Lipinski definition) is 3. The molecule has 0 spiro atoms. The van der Waals surface area contributed by atoms with Gasteiger partial charge in [-0.2, -0.15) is 0 Å². The van der Waals surface area contributed by atoms with E-state index < -0.39 is 5.97 Å². The molecule has 1 aromatic rings. The number of benzene rings is 1. The Bertz CT molecular complexity index is 495. The van der Waals surface area contributed by atoms with Gasteiger partial charge in [-0.05, 0) is 50.2 Å². The van der Waals surface area contributed by atoms with Crippen molar-refractivity contribution in [1.29, 1.82) is 0 Å². The normalized spacial score (nSPS) is 14.9. The highest BCUT2D eigenvalue weighted by atomic mass is 16.4. The third kappa shape index (κ3) is 4.46. The molecule has 21 heavy (non-hydrogen) atoms. The Balaban J connectivity index is 1.80. The minimum atomic E-state index is -0.976. The summed E-state index contributed by atoms with van der Waals surface area (Å²) in [6, 6.07) is 5.95. The van der Waals surface area contributed by atoms with E-state index in [0.29, 0.717) is 12.2 Å². The number of amides is 2. The van der Waals surface area contributed by atoms with Gasteiger partial charge in [0.25, 0.3) is 0 Å². The first-order chi connectivity index (χ1) is 10.1. The second kappa shape index (κ2) is 7.08. The Labute approximate surface area is 124 Å². The topological polar surface area (TPSA) is 72.9 Å². The zero-order valence-electron chi connectivity index (χ0n) is 12.2. The molecule has 0 saturated carbocycles. The van der Waals surface area contributed by atoms with E-state index >= 15 is 0 Å². The lowest BCUT2D eigenvalue weighted by Gasteiger charge is -2.21. The third-order valence-corrected chi connectivity index (χ3v) is 3.68. The van der Waals surface area contributed by atoms with Crippen molar-refractivity contribution in [1.82, 2.24) is 9.80 Å². The first-order valence-corrected chi connectivity index (χ1v) is 7.14. The minimum Gasteiger partial charge on any atom is -0.478 e. The summed E-state index contributed by atoms with van der Waals surface area (Å²) in [5.41, 5.74) is 0.799. The van der Waals surface area contributed by atoms with Crippen LogP contribution in [0.4, 0.5) is 10.5 Å². The fourth-order valence-corrected chi connectivity index (χ4v) is 2.31. The van der Waals surface area contributed by atoms with Gasteiger partial charge in [-0.1, -0.05) is 0 Å². The maximum Gasteiger partial charge on any atom is 0.335 e.